The van der Waals surface area contributed by atoms with Crippen LogP contribution in [-0.2, 0) is 4.74 Å². The van der Waals surface area contributed by atoms with Crippen molar-refractivity contribution in [2.24, 2.45) is 5.10 Å². The van der Waals surface area contributed by atoms with Crippen molar-refractivity contribution in [1.29, 1.82) is 0 Å². The Balaban J connectivity index is 1.31. The maximum Gasteiger partial charge on any atom is 0.269 e. The molecular formula is C24H22N8O4. The Bertz CT molecular complexity index is 1350. The molecule has 2 aromatic carbocycles. The van der Waals surface area contributed by atoms with E-state index in [0.29, 0.717) is 49.7 Å². The minimum absolute atomic E-state index is 0.0196. The van der Waals surface area contributed by atoms with Gasteiger partial charge in [0.15, 0.2) is 0 Å². The molecule has 0 bridgehead atoms. The highest BCUT2D eigenvalue weighted by molar-refractivity contribution is 5.78. The van der Waals surface area contributed by atoms with Crippen molar-refractivity contribution in [2.45, 2.75) is 0 Å². The number of nitrogens with zero attached hydrogens (tertiary/aromatic N) is 6. The van der Waals surface area contributed by atoms with E-state index in [1.54, 1.807) is 24.3 Å². The molecule has 0 unspecified atom stereocenters. The van der Waals surface area contributed by atoms with Crippen molar-refractivity contribution in [3.63, 3.8) is 0 Å². The summed E-state index contributed by atoms with van der Waals surface area (Å²) in [6, 6.07) is 19.3. The van der Waals surface area contributed by atoms with Crippen LogP contribution in [-0.4, -0.2) is 52.4 Å². The number of nitro groups is 1. The summed E-state index contributed by atoms with van der Waals surface area (Å²) in [5.41, 5.74) is 4.43. The number of hydrogen-bond acceptors (Lipinski definition) is 11. The van der Waals surface area contributed by atoms with Crippen molar-refractivity contribution in [2.75, 3.05) is 41.9 Å². The first-order valence-corrected chi connectivity index (χ1v) is 11.2. The predicted octanol–water partition coefficient (Wildman–Crippen LogP) is 4.07. The molecule has 0 saturated carbocycles. The number of nitrogens with one attached hydrogen (secondary N) is 2. The van der Waals surface area contributed by atoms with Gasteiger partial charge in [0.1, 0.15) is 11.5 Å². The third-order valence-electron chi connectivity index (χ3n) is 5.29. The number of furan rings is 1. The minimum atomic E-state index is -0.442. The number of anilines is 4. The zero-order chi connectivity index (χ0) is 24.7. The largest absolute Gasteiger partial charge is 0.455 e. The quantitative estimate of drug-likeness (QED) is 0.212. The molecule has 36 heavy (non-hydrogen) atoms. The molecule has 1 saturated heterocycles. The van der Waals surface area contributed by atoms with Crippen LogP contribution in [0.5, 0.6) is 0 Å². The molecule has 12 nitrogen and oxygen atoms in total. The highest BCUT2D eigenvalue weighted by Gasteiger charge is 2.17. The summed E-state index contributed by atoms with van der Waals surface area (Å²) >= 11 is 0. The van der Waals surface area contributed by atoms with E-state index in [1.165, 1.54) is 18.3 Å². The van der Waals surface area contributed by atoms with Gasteiger partial charge in [0.25, 0.3) is 5.69 Å². The number of nitro benzene ring substituents is 1. The highest BCUT2D eigenvalue weighted by Crippen LogP contribution is 2.24. The second-order valence-corrected chi connectivity index (χ2v) is 7.75. The molecular weight excluding hydrogens is 464 g/mol. The smallest absolute Gasteiger partial charge is 0.269 e. The van der Waals surface area contributed by atoms with Gasteiger partial charge in [-0.1, -0.05) is 18.2 Å². The van der Waals surface area contributed by atoms with Gasteiger partial charge in [0, 0.05) is 36.5 Å². The number of hydrazone groups is 1. The van der Waals surface area contributed by atoms with Crippen molar-refractivity contribution in [3.8, 4) is 11.3 Å². The lowest BCUT2D eigenvalue weighted by Gasteiger charge is -2.27. The van der Waals surface area contributed by atoms with E-state index in [-0.39, 0.29) is 11.6 Å². The van der Waals surface area contributed by atoms with Crippen molar-refractivity contribution >= 4 is 35.4 Å². The van der Waals surface area contributed by atoms with E-state index in [2.05, 4.69) is 30.8 Å². The lowest BCUT2D eigenvalue weighted by molar-refractivity contribution is -0.384. The first kappa shape index (κ1) is 22.9. The number of non-ortho nitro benzene ring substituents is 1. The number of rotatable bonds is 8. The Morgan fingerprint density at radius 2 is 1.69 bits per heavy atom. The summed E-state index contributed by atoms with van der Waals surface area (Å²) < 4.78 is 11.2. The fourth-order valence-corrected chi connectivity index (χ4v) is 3.50. The number of benzene rings is 2. The first-order chi connectivity index (χ1) is 17.6. The summed E-state index contributed by atoms with van der Waals surface area (Å²) in [6.45, 7) is 2.55. The molecule has 2 aromatic heterocycles. The molecule has 0 amide bonds. The Morgan fingerprint density at radius 3 is 2.44 bits per heavy atom. The van der Waals surface area contributed by atoms with Crippen LogP contribution in [0.15, 0.2) is 76.2 Å². The highest BCUT2D eigenvalue weighted by atomic mass is 16.6. The molecule has 4 aromatic rings. The summed E-state index contributed by atoms with van der Waals surface area (Å²) in [5.74, 6) is 2.22. The summed E-state index contributed by atoms with van der Waals surface area (Å²) in [6.07, 6.45) is 1.50. The van der Waals surface area contributed by atoms with Crippen LogP contribution < -0.4 is 15.6 Å². The second kappa shape index (κ2) is 10.6. The SMILES string of the molecule is O=[N+]([O-])c1ccc(-c2ccc(C=NNc3nc(Nc4ccccc4)nc(N4CCOCC4)n3)o2)cc1. The Labute approximate surface area is 205 Å². The lowest BCUT2D eigenvalue weighted by Crippen LogP contribution is -2.37. The van der Waals surface area contributed by atoms with E-state index in [0.717, 1.165) is 11.3 Å². The molecule has 12 heteroatoms. The molecule has 0 radical (unpaired) electrons. The van der Waals surface area contributed by atoms with E-state index in [4.69, 9.17) is 9.15 Å². The van der Waals surface area contributed by atoms with Crippen molar-refractivity contribution in [1.82, 2.24) is 15.0 Å². The molecule has 0 spiro atoms. The van der Waals surface area contributed by atoms with Gasteiger partial charge in [-0.15, -0.1) is 0 Å². The van der Waals surface area contributed by atoms with E-state index in [9.17, 15) is 10.1 Å². The van der Waals surface area contributed by atoms with Gasteiger partial charge in [-0.3, -0.25) is 10.1 Å². The average Bonchev–Trinajstić information content (AvgIpc) is 3.39. The monoisotopic (exact) mass is 486 g/mol. The number of aromatic nitrogens is 3. The van der Waals surface area contributed by atoms with Crippen LogP contribution in [0.1, 0.15) is 5.76 Å². The standard InChI is InChI=1S/C24H22N8O4/c33-32(34)19-8-6-17(7-9-19)21-11-10-20(36-21)16-25-30-23-27-22(26-18-4-2-1-3-5-18)28-24(29-23)31-12-14-35-15-13-31/h1-11,16H,12-15H2,(H2,26,27,28,29,30). The number of para-hydroxylation sites is 1. The number of morpholine rings is 1. The van der Waals surface area contributed by atoms with Gasteiger partial charge < -0.3 is 19.4 Å². The van der Waals surface area contributed by atoms with Crippen LogP contribution in [0, 0.1) is 10.1 Å². The maximum atomic E-state index is 10.8. The first-order valence-electron chi connectivity index (χ1n) is 11.2. The number of ether oxygens (including phenoxy) is 1. The van der Waals surface area contributed by atoms with Crippen molar-refractivity contribution in [3.05, 3.63) is 82.6 Å². The summed E-state index contributed by atoms with van der Waals surface area (Å²) in [4.78, 5) is 25.9. The second-order valence-electron chi connectivity index (χ2n) is 7.75. The summed E-state index contributed by atoms with van der Waals surface area (Å²) in [5, 5.41) is 18.2. The Hall–Kier alpha value is -4.84. The van der Waals surface area contributed by atoms with Gasteiger partial charge in [-0.25, -0.2) is 5.43 Å². The Kier molecular flexibility index (Phi) is 6.76. The third kappa shape index (κ3) is 5.62. The molecule has 1 fully saturated rings. The summed E-state index contributed by atoms with van der Waals surface area (Å²) in [7, 11) is 0. The van der Waals surface area contributed by atoms with Crippen molar-refractivity contribution < 1.29 is 14.1 Å². The van der Waals surface area contributed by atoms with Crippen LogP contribution >= 0.6 is 0 Å². The fraction of sp³-hybridized carbons (Fsp3) is 0.167. The van der Waals surface area contributed by atoms with Gasteiger partial charge in [0.05, 0.1) is 24.4 Å². The van der Waals surface area contributed by atoms with Crippen LogP contribution in [0.3, 0.4) is 0 Å². The normalized spacial score (nSPS) is 13.6. The molecule has 1 aliphatic rings. The number of hydrogen-bond donors (Lipinski definition) is 2. The fourth-order valence-electron chi connectivity index (χ4n) is 3.50. The van der Waals surface area contributed by atoms with Crippen LogP contribution in [0.2, 0.25) is 0 Å². The van der Waals surface area contributed by atoms with E-state index >= 15 is 0 Å². The predicted molar refractivity (Wildman–Crippen MR) is 135 cm³/mol. The molecule has 182 valence electrons. The van der Waals surface area contributed by atoms with Gasteiger partial charge in [-0.05, 0) is 36.4 Å². The van der Waals surface area contributed by atoms with Gasteiger partial charge in [-0.2, -0.15) is 20.1 Å². The average molecular weight is 486 g/mol. The molecule has 0 atom stereocenters. The topological polar surface area (TPSA) is 144 Å². The van der Waals surface area contributed by atoms with Crippen LogP contribution in [0.25, 0.3) is 11.3 Å². The molecule has 3 heterocycles. The van der Waals surface area contributed by atoms with Crippen LogP contribution in [0.4, 0.5) is 29.2 Å². The Morgan fingerprint density at radius 1 is 0.944 bits per heavy atom. The minimum Gasteiger partial charge on any atom is -0.455 e. The third-order valence-corrected chi connectivity index (χ3v) is 5.29. The van der Waals surface area contributed by atoms with E-state index in [1.807, 2.05) is 35.2 Å². The molecule has 0 aliphatic carbocycles. The van der Waals surface area contributed by atoms with E-state index < -0.39 is 4.92 Å². The zero-order valence-electron chi connectivity index (χ0n) is 19.1. The van der Waals surface area contributed by atoms with Gasteiger partial charge in [0.2, 0.25) is 17.8 Å². The zero-order valence-corrected chi connectivity index (χ0v) is 19.1. The molecule has 5 rings (SSSR count). The maximum absolute atomic E-state index is 10.8. The molecule has 1 aliphatic heterocycles. The lowest BCUT2D eigenvalue weighted by atomic mass is 10.1. The molecule has 2 N–H and O–H groups in total. The van der Waals surface area contributed by atoms with Gasteiger partial charge >= 0.3 is 0 Å².